The third-order valence-corrected chi connectivity index (χ3v) is 2.90. The lowest BCUT2D eigenvalue weighted by Crippen LogP contribution is -1.93. The number of hydrogen-bond donors (Lipinski definition) is 0. The molecule has 0 spiro atoms. The quantitative estimate of drug-likeness (QED) is 0.867. The molecule has 0 aliphatic carbocycles. The van der Waals surface area contributed by atoms with Crippen molar-refractivity contribution in [2.75, 3.05) is 6.61 Å². The lowest BCUT2D eigenvalue weighted by atomic mass is 10.2. The predicted molar refractivity (Wildman–Crippen MR) is 64.2 cm³/mol. The average molecular weight is 285 g/mol. The largest absolute Gasteiger partial charge is 0.476 e. The summed E-state index contributed by atoms with van der Waals surface area (Å²) in [5.74, 6) is 0.616. The topological polar surface area (TPSA) is 35.0 Å². The summed E-state index contributed by atoms with van der Waals surface area (Å²) in [7, 11) is 0. The maximum Gasteiger partial charge on any atom is 0.253 e. The molecular weight excluding hydrogens is 276 g/mol. The molecule has 5 heteroatoms. The van der Waals surface area contributed by atoms with Gasteiger partial charge in [0.2, 0.25) is 0 Å². The van der Waals surface area contributed by atoms with E-state index in [0.29, 0.717) is 12.5 Å². The van der Waals surface area contributed by atoms with Gasteiger partial charge in [-0.25, -0.2) is 0 Å². The molecule has 0 radical (unpaired) electrons. The molecule has 0 saturated heterocycles. The van der Waals surface area contributed by atoms with Crippen LogP contribution in [0.1, 0.15) is 6.92 Å². The normalized spacial score (nSPS) is 10.3. The Balaban J connectivity index is 2.36. The second kappa shape index (κ2) is 4.72. The SMILES string of the molecule is CCOc1nsnc1-c1ccc(Br)cc1. The second-order valence-electron chi connectivity index (χ2n) is 2.86. The van der Waals surface area contributed by atoms with Gasteiger partial charge in [0.15, 0.2) is 0 Å². The van der Waals surface area contributed by atoms with E-state index in [1.807, 2.05) is 31.2 Å². The Morgan fingerprint density at radius 1 is 1.27 bits per heavy atom. The Hall–Kier alpha value is -0.940. The number of aromatic nitrogens is 2. The van der Waals surface area contributed by atoms with Crippen LogP contribution in [0.5, 0.6) is 5.88 Å². The Morgan fingerprint density at radius 3 is 2.67 bits per heavy atom. The third-order valence-electron chi connectivity index (χ3n) is 1.86. The summed E-state index contributed by atoms with van der Waals surface area (Å²) in [6, 6.07) is 7.93. The van der Waals surface area contributed by atoms with Crippen LogP contribution >= 0.6 is 27.7 Å². The van der Waals surface area contributed by atoms with Crippen LogP contribution in [0.15, 0.2) is 28.7 Å². The molecule has 0 atom stereocenters. The fourth-order valence-electron chi connectivity index (χ4n) is 1.20. The van der Waals surface area contributed by atoms with Crippen LogP contribution in [0.3, 0.4) is 0 Å². The van der Waals surface area contributed by atoms with Crippen molar-refractivity contribution in [2.45, 2.75) is 6.92 Å². The van der Waals surface area contributed by atoms with Crippen molar-refractivity contribution in [3.05, 3.63) is 28.7 Å². The average Bonchev–Trinajstić information content (AvgIpc) is 2.68. The first-order valence-electron chi connectivity index (χ1n) is 4.52. The molecule has 1 aromatic carbocycles. The zero-order valence-electron chi connectivity index (χ0n) is 8.11. The summed E-state index contributed by atoms with van der Waals surface area (Å²) < 4.78 is 14.8. The molecule has 0 bridgehead atoms. The van der Waals surface area contributed by atoms with Gasteiger partial charge in [0.1, 0.15) is 5.69 Å². The molecule has 0 aliphatic heterocycles. The van der Waals surface area contributed by atoms with Gasteiger partial charge in [-0.1, -0.05) is 28.1 Å². The van der Waals surface area contributed by atoms with Gasteiger partial charge in [-0.2, -0.15) is 4.37 Å². The van der Waals surface area contributed by atoms with Crippen molar-refractivity contribution in [3.63, 3.8) is 0 Å². The van der Waals surface area contributed by atoms with Gasteiger partial charge in [-0.15, -0.1) is 4.37 Å². The fraction of sp³-hybridized carbons (Fsp3) is 0.200. The van der Waals surface area contributed by atoms with Gasteiger partial charge in [0.25, 0.3) is 5.88 Å². The van der Waals surface area contributed by atoms with Gasteiger partial charge in [-0.3, -0.25) is 0 Å². The summed E-state index contributed by atoms with van der Waals surface area (Å²) in [6.45, 7) is 2.54. The number of rotatable bonds is 3. The first-order valence-corrected chi connectivity index (χ1v) is 6.05. The van der Waals surface area contributed by atoms with Gasteiger partial charge < -0.3 is 4.74 Å². The Labute approximate surface area is 101 Å². The summed E-state index contributed by atoms with van der Waals surface area (Å²) in [6.07, 6.45) is 0. The standard InChI is InChI=1S/C10H9BrN2OS/c1-2-14-10-9(12-15-13-10)7-3-5-8(11)6-4-7/h3-6H,2H2,1H3. The summed E-state index contributed by atoms with van der Waals surface area (Å²) in [5.41, 5.74) is 1.84. The highest BCUT2D eigenvalue weighted by molar-refractivity contribution is 9.10. The summed E-state index contributed by atoms with van der Waals surface area (Å²) in [5, 5.41) is 0. The van der Waals surface area contributed by atoms with Gasteiger partial charge in [0.05, 0.1) is 18.3 Å². The first-order chi connectivity index (χ1) is 7.31. The van der Waals surface area contributed by atoms with Crippen molar-refractivity contribution in [2.24, 2.45) is 0 Å². The van der Waals surface area contributed by atoms with Crippen molar-refractivity contribution in [1.29, 1.82) is 0 Å². The first kappa shape index (κ1) is 10.6. The van der Waals surface area contributed by atoms with E-state index in [2.05, 4.69) is 24.7 Å². The molecule has 0 unspecified atom stereocenters. The van der Waals surface area contributed by atoms with Gasteiger partial charge >= 0.3 is 0 Å². The van der Waals surface area contributed by atoms with E-state index in [9.17, 15) is 0 Å². The van der Waals surface area contributed by atoms with Crippen molar-refractivity contribution < 1.29 is 4.74 Å². The lowest BCUT2D eigenvalue weighted by Gasteiger charge is -2.01. The van der Waals surface area contributed by atoms with Crippen LogP contribution in [0, 0.1) is 0 Å². The number of ether oxygens (including phenoxy) is 1. The molecule has 0 N–H and O–H groups in total. The Morgan fingerprint density at radius 2 is 2.00 bits per heavy atom. The van der Waals surface area contributed by atoms with Crippen LogP contribution in [-0.4, -0.2) is 15.4 Å². The van der Waals surface area contributed by atoms with Crippen LogP contribution < -0.4 is 4.74 Å². The zero-order chi connectivity index (χ0) is 10.7. The van der Waals surface area contributed by atoms with Gasteiger partial charge in [-0.05, 0) is 19.1 Å². The highest BCUT2D eigenvalue weighted by atomic mass is 79.9. The highest BCUT2D eigenvalue weighted by Crippen LogP contribution is 2.28. The van der Waals surface area contributed by atoms with E-state index >= 15 is 0 Å². The molecule has 3 nitrogen and oxygen atoms in total. The molecule has 0 fully saturated rings. The maximum atomic E-state index is 5.39. The molecule has 0 aliphatic rings. The molecule has 1 aromatic heterocycles. The molecular formula is C10H9BrN2OS. The molecule has 2 aromatic rings. The minimum Gasteiger partial charge on any atom is -0.476 e. The fourth-order valence-corrected chi connectivity index (χ4v) is 1.98. The summed E-state index contributed by atoms with van der Waals surface area (Å²) in [4.78, 5) is 0. The third kappa shape index (κ3) is 2.35. The van der Waals surface area contributed by atoms with Crippen LogP contribution in [-0.2, 0) is 0 Å². The molecule has 78 valence electrons. The molecule has 1 heterocycles. The van der Waals surface area contributed by atoms with Gasteiger partial charge in [0, 0.05) is 10.0 Å². The van der Waals surface area contributed by atoms with E-state index in [4.69, 9.17) is 4.74 Å². The van der Waals surface area contributed by atoms with Crippen molar-refractivity contribution >= 4 is 27.7 Å². The summed E-state index contributed by atoms with van der Waals surface area (Å²) >= 11 is 4.56. The highest BCUT2D eigenvalue weighted by Gasteiger charge is 2.10. The van der Waals surface area contributed by atoms with Crippen LogP contribution in [0.2, 0.25) is 0 Å². The van der Waals surface area contributed by atoms with E-state index < -0.39 is 0 Å². The number of halogens is 1. The van der Waals surface area contributed by atoms with Crippen molar-refractivity contribution in [1.82, 2.24) is 8.75 Å². The molecule has 0 amide bonds. The second-order valence-corrected chi connectivity index (χ2v) is 4.30. The minimum atomic E-state index is 0.606. The van der Waals surface area contributed by atoms with E-state index in [-0.39, 0.29) is 0 Å². The van der Waals surface area contributed by atoms with E-state index in [0.717, 1.165) is 15.7 Å². The van der Waals surface area contributed by atoms with Crippen molar-refractivity contribution in [3.8, 4) is 17.1 Å². The lowest BCUT2D eigenvalue weighted by molar-refractivity contribution is 0.331. The van der Waals surface area contributed by atoms with E-state index in [1.54, 1.807) is 0 Å². The van der Waals surface area contributed by atoms with Crippen LogP contribution in [0.4, 0.5) is 0 Å². The number of benzene rings is 1. The monoisotopic (exact) mass is 284 g/mol. The predicted octanol–water partition coefficient (Wildman–Crippen LogP) is 3.37. The Bertz CT molecular complexity index is 441. The number of nitrogens with zero attached hydrogens (tertiary/aromatic N) is 2. The smallest absolute Gasteiger partial charge is 0.253 e. The Kier molecular flexibility index (Phi) is 3.33. The number of hydrogen-bond acceptors (Lipinski definition) is 4. The zero-order valence-corrected chi connectivity index (χ0v) is 10.5. The molecule has 2 rings (SSSR count). The minimum absolute atomic E-state index is 0.606. The van der Waals surface area contributed by atoms with E-state index in [1.165, 1.54) is 11.7 Å². The molecule has 0 saturated carbocycles. The maximum absolute atomic E-state index is 5.39. The molecule has 15 heavy (non-hydrogen) atoms. The van der Waals surface area contributed by atoms with Crippen LogP contribution in [0.25, 0.3) is 11.3 Å².